The van der Waals surface area contributed by atoms with Crippen molar-refractivity contribution < 1.29 is 0 Å². The average molecular weight is 226 g/mol. The molecule has 86 valence electrons. The van der Waals surface area contributed by atoms with Gasteiger partial charge in [0.05, 0.1) is 6.04 Å². The zero-order chi connectivity index (χ0) is 11.6. The van der Waals surface area contributed by atoms with Crippen LogP contribution in [0.25, 0.3) is 0 Å². The van der Waals surface area contributed by atoms with Crippen LogP contribution in [0.4, 0.5) is 0 Å². The molecule has 0 saturated heterocycles. The summed E-state index contributed by atoms with van der Waals surface area (Å²) < 4.78 is 0. The summed E-state index contributed by atoms with van der Waals surface area (Å²) in [4.78, 5) is 5.05. The maximum atomic E-state index is 3.42. The fraction of sp³-hybridized carbons (Fsp3) is 0.667. The molecule has 1 N–H and O–H groups in total. The van der Waals surface area contributed by atoms with Crippen LogP contribution in [-0.4, -0.2) is 31.6 Å². The minimum atomic E-state index is 0.117. The predicted octanol–water partition coefficient (Wildman–Crippen LogP) is 2.66. The van der Waals surface area contributed by atoms with Gasteiger partial charge in [-0.3, -0.25) is 0 Å². The van der Waals surface area contributed by atoms with Crippen LogP contribution in [0.1, 0.15) is 29.6 Å². The smallest absolute Gasteiger partial charge is 0.0593 e. The molecule has 0 aromatic carbocycles. The molecule has 0 bridgehead atoms. The summed E-state index contributed by atoms with van der Waals surface area (Å²) in [6, 6.07) is 4.80. The second-order valence-corrected chi connectivity index (χ2v) is 6.04. The number of nitrogens with zero attached hydrogens (tertiary/aromatic N) is 1. The standard InChI is InChI=1S/C12H22N2S/c1-9-7-8-10(15-9)11(13-4)12(2,3)14(5)6/h7-8,11,13H,1-6H3. The lowest BCUT2D eigenvalue weighted by Gasteiger charge is -2.39. The van der Waals surface area contributed by atoms with Gasteiger partial charge in [-0.05, 0) is 54.0 Å². The molecule has 1 unspecified atom stereocenters. The van der Waals surface area contributed by atoms with E-state index in [1.54, 1.807) is 0 Å². The largest absolute Gasteiger partial charge is 0.311 e. The van der Waals surface area contributed by atoms with E-state index in [1.165, 1.54) is 9.75 Å². The summed E-state index contributed by atoms with van der Waals surface area (Å²) in [6.07, 6.45) is 0. The summed E-state index contributed by atoms with van der Waals surface area (Å²) in [6.45, 7) is 6.69. The first-order chi connectivity index (χ1) is 6.89. The van der Waals surface area contributed by atoms with Gasteiger partial charge in [0.15, 0.2) is 0 Å². The van der Waals surface area contributed by atoms with E-state index in [0.29, 0.717) is 6.04 Å². The molecule has 0 aliphatic carbocycles. The summed E-state index contributed by atoms with van der Waals surface area (Å²) in [5, 5.41) is 3.42. The van der Waals surface area contributed by atoms with Crippen molar-refractivity contribution >= 4 is 11.3 Å². The quantitative estimate of drug-likeness (QED) is 0.849. The monoisotopic (exact) mass is 226 g/mol. The molecule has 0 saturated carbocycles. The van der Waals surface area contributed by atoms with Gasteiger partial charge in [0.1, 0.15) is 0 Å². The number of hydrogen-bond acceptors (Lipinski definition) is 3. The molecule has 2 nitrogen and oxygen atoms in total. The molecule has 0 aliphatic rings. The van der Waals surface area contributed by atoms with Crippen LogP contribution in [0.3, 0.4) is 0 Å². The van der Waals surface area contributed by atoms with Crippen molar-refractivity contribution in [3.8, 4) is 0 Å². The van der Waals surface area contributed by atoms with Crippen molar-refractivity contribution in [3.63, 3.8) is 0 Å². The van der Waals surface area contributed by atoms with Gasteiger partial charge < -0.3 is 10.2 Å². The van der Waals surface area contributed by atoms with E-state index in [-0.39, 0.29) is 5.54 Å². The van der Waals surface area contributed by atoms with Gasteiger partial charge in [-0.25, -0.2) is 0 Å². The highest BCUT2D eigenvalue weighted by atomic mass is 32.1. The first kappa shape index (κ1) is 12.7. The molecule has 3 heteroatoms. The highest BCUT2D eigenvalue weighted by molar-refractivity contribution is 7.12. The van der Waals surface area contributed by atoms with Crippen molar-refractivity contribution in [1.82, 2.24) is 10.2 Å². The molecule has 1 aromatic heterocycles. The molecule has 0 amide bonds. The number of aryl methyl sites for hydroxylation is 1. The third-order valence-corrected chi connectivity index (χ3v) is 4.26. The van der Waals surface area contributed by atoms with E-state index in [1.807, 2.05) is 18.4 Å². The molecular formula is C12H22N2S. The summed E-state index contributed by atoms with van der Waals surface area (Å²) in [5.41, 5.74) is 0.117. The lowest BCUT2D eigenvalue weighted by atomic mass is 9.92. The molecule has 0 fully saturated rings. The Hall–Kier alpha value is -0.380. The van der Waals surface area contributed by atoms with Crippen molar-refractivity contribution in [3.05, 3.63) is 21.9 Å². The van der Waals surface area contributed by atoms with Crippen LogP contribution >= 0.6 is 11.3 Å². The van der Waals surface area contributed by atoms with Crippen molar-refractivity contribution in [1.29, 1.82) is 0 Å². The molecule has 1 aromatic rings. The van der Waals surface area contributed by atoms with Crippen LogP contribution < -0.4 is 5.32 Å². The predicted molar refractivity (Wildman–Crippen MR) is 68.6 cm³/mol. The van der Waals surface area contributed by atoms with Crippen LogP contribution in [-0.2, 0) is 0 Å². The Bertz CT molecular complexity index is 315. The van der Waals surface area contributed by atoms with Gasteiger partial charge in [0, 0.05) is 15.3 Å². The SMILES string of the molecule is CNC(c1ccc(C)s1)C(C)(C)N(C)C. The fourth-order valence-electron chi connectivity index (χ4n) is 1.71. The van der Waals surface area contributed by atoms with Crippen molar-refractivity contribution in [2.75, 3.05) is 21.1 Å². The zero-order valence-electron chi connectivity index (χ0n) is 10.6. The van der Waals surface area contributed by atoms with Crippen LogP contribution in [0.15, 0.2) is 12.1 Å². The normalized spacial score (nSPS) is 14.6. The van der Waals surface area contributed by atoms with Crippen LogP contribution in [0.2, 0.25) is 0 Å². The Kier molecular flexibility index (Phi) is 3.93. The van der Waals surface area contributed by atoms with E-state index < -0.39 is 0 Å². The summed E-state index contributed by atoms with van der Waals surface area (Å²) >= 11 is 1.88. The Balaban J connectivity index is 2.98. The second kappa shape index (κ2) is 4.64. The average Bonchev–Trinajstić information content (AvgIpc) is 2.52. The Morgan fingerprint density at radius 3 is 2.27 bits per heavy atom. The topological polar surface area (TPSA) is 15.3 Å². The summed E-state index contributed by atoms with van der Waals surface area (Å²) in [5.74, 6) is 0. The number of thiophene rings is 1. The number of hydrogen-bond donors (Lipinski definition) is 1. The highest BCUT2D eigenvalue weighted by Crippen LogP contribution is 2.33. The molecular weight excluding hydrogens is 204 g/mol. The molecule has 15 heavy (non-hydrogen) atoms. The third kappa shape index (κ3) is 2.60. The minimum Gasteiger partial charge on any atom is -0.311 e. The number of likely N-dealkylation sites (N-methyl/N-ethyl adjacent to an activating group) is 2. The number of rotatable bonds is 4. The van der Waals surface area contributed by atoms with E-state index in [2.05, 4.69) is 57.2 Å². The second-order valence-electron chi connectivity index (χ2n) is 4.72. The Labute approximate surface area is 97.3 Å². The fourth-order valence-corrected chi connectivity index (χ4v) is 2.88. The van der Waals surface area contributed by atoms with Crippen molar-refractivity contribution in [2.45, 2.75) is 32.4 Å². The number of nitrogens with one attached hydrogen (secondary N) is 1. The maximum absolute atomic E-state index is 3.42. The molecule has 1 heterocycles. The first-order valence-corrected chi connectivity index (χ1v) is 6.12. The molecule has 0 radical (unpaired) electrons. The van der Waals surface area contributed by atoms with Gasteiger partial charge in [-0.2, -0.15) is 0 Å². The van der Waals surface area contributed by atoms with Gasteiger partial charge in [-0.1, -0.05) is 0 Å². The molecule has 0 aliphatic heterocycles. The van der Waals surface area contributed by atoms with Gasteiger partial charge >= 0.3 is 0 Å². The summed E-state index contributed by atoms with van der Waals surface area (Å²) in [7, 11) is 6.29. The zero-order valence-corrected chi connectivity index (χ0v) is 11.4. The molecule has 1 rings (SSSR count). The van der Waals surface area contributed by atoms with E-state index >= 15 is 0 Å². The van der Waals surface area contributed by atoms with E-state index in [9.17, 15) is 0 Å². The molecule has 1 atom stereocenters. The van der Waals surface area contributed by atoms with Gasteiger partial charge in [0.25, 0.3) is 0 Å². The van der Waals surface area contributed by atoms with Crippen LogP contribution in [0, 0.1) is 6.92 Å². The Morgan fingerprint density at radius 2 is 1.93 bits per heavy atom. The van der Waals surface area contributed by atoms with E-state index in [0.717, 1.165) is 0 Å². The third-order valence-electron chi connectivity index (χ3n) is 3.19. The van der Waals surface area contributed by atoms with E-state index in [4.69, 9.17) is 0 Å². The molecule has 0 spiro atoms. The Morgan fingerprint density at radius 1 is 1.33 bits per heavy atom. The lowest BCUT2D eigenvalue weighted by molar-refractivity contribution is 0.144. The van der Waals surface area contributed by atoms with Crippen LogP contribution in [0.5, 0.6) is 0 Å². The first-order valence-electron chi connectivity index (χ1n) is 5.30. The maximum Gasteiger partial charge on any atom is 0.0593 e. The van der Waals surface area contributed by atoms with Gasteiger partial charge in [-0.15, -0.1) is 11.3 Å². The van der Waals surface area contributed by atoms with Gasteiger partial charge in [0.2, 0.25) is 0 Å². The minimum absolute atomic E-state index is 0.117. The van der Waals surface area contributed by atoms with Crippen molar-refractivity contribution in [2.24, 2.45) is 0 Å². The highest BCUT2D eigenvalue weighted by Gasteiger charge is 2.32. The lowest BCUT2D eigenvalue weighted by Crippen LogP contribution is -2.48.